The number of rotatable bonds is 6. The molecule has 0 radical (unpaired) electrons. The van der Waals surface area contributed by atoms with Crippen molar-refractivity contribution >= 4 is 17.6 Å². The average Bonchev–Trinajstić information content (AvgIpc) is 2.66. The first kappa shape index (κ1) is 17.1. The minimum Gasteiger partial charge on any atom is -0.483 e. The zero-order valence-electron chi connectivity index (χ0n) is 13.7. The van der Waals surface area contributed by atoms with Crippen molar-refractivity contribution in [3.05, 3.63) is 98.5 Å². The van der Waals surface area contributed by atoms with E-state index in [0.717, 1.165) is 5.56 Å². The Morgan fingerprint density at radius 1 is 1.12 bits per heavy atom. The summed E-state index contributed by atoms with van der Waals surface area (Å²) >= 11 is 0. The van der Waals surface area contributed by atoms with Gasteiger partial charge in [-0.1, -0.05) is 36.4 Å². The number of nitro benzene ring substituents is 1. The Labute approximate surface area is 148 Å². The van der Waals surface area contributed by atoms with Gasteiger partial charge in [0.05, 0.1) is 22.5 Å². The van der Waals surface area contributed by atoms with Crippen molar-refractivity contribution in [2.24, 2.45) is 4.99 Å². The van der Waals surface area contributed by atoms with Gasteiger partial charge in [-0.05, 0) is 11.6 Å². The number of non-ortho nitro benzene ring substituents is 1. The second-order valence-corrected chi connectivity index (χ2v) is 5.43. The van der Waals surface area contributed by atoms with E-state index in [-0.39, 0.29) is 16.9 Å². The molecule has 0 bridgehead atoms. The summed E-state index contributed by atoms with van der Waals surface area (Å²) in [5.41, 5.74) is 1.53. The van der Waals surface area contributed by atoms with Crippen LogP contribution in [0, 0.1) is 10.1 Å². The Morgan fingerprint density at radius 3 is 2.65 bits per heavy atom. The molecule has 0 atom stereocenters. The molecule has 0 unspecified atom stereocenters. The number of aliphatic imine (C=N–C) groups is 1. The summed E-state index contributed by atoms with van der Waals surface area (Å²) < 4.78 is 5.52. The first-order valence-corrected chi connectivity index (χ1v) is 7.80. The second-order valence-electron chi connectivity index (χ2n) is 5.43. The standard InChI is InChI=1S/C19H15N3O4/c23-18-10-16(11-20-15-7-4-8-17(9-15)22(24)25)21-12-19(18)26-13-14-5-2-1-3-6-14/h1-12H,13H2,(H,21,23). The Kier molecular flexibility index (Phi) is 5.19. The van der Waals surface area contributed by atoms with Crippen LogP contribution < -0.4 is 10.2 Å². The number of aromatic amines is 1. The number of H-pyrrole nitrogens is 1. The van der Waals surface area contributed by atoms with Crippen molar-refractivity contribution in [1.82, 2.24) is 4.98 Å². The number of nitrogens with one attached hydrogen (secondary N) is 1. The van der Waals surface area contributed by atoms with Crippen LogP contribution in [0.5, 0.6) is 5.75 Å². The number of hydrogen-bond donors (Lipinski definition) is 1. The zero-order valence-corrected chi connectivity index (χ0v) is 13.7. The van der Waals surface area contributed by atoms with Crippen molar-refractivity contribution in [3.63, 3.8) is 0 Å². The Bertz CT molecular complexity index is 997. The van der Waals surface area contributed by atoms with Crippen LogP contribution in [0.2, 0.25) is 0 Å². The molecule has 1 N–H and O–H groups in total. The van der Waals surface area contributed by atoms with Gasteiger partial charge in [0.1, 0.15) is 6.61 Å². The highest BCUT2D eigenvalue weighted by atomic mass is 16.6. The minimum atomic E-state index is -0.486. The van der Waals surface area contributed by atoms with Gasteiger partial charge in [-0.25, -0.2) is 0 Å². The summed E-state index contributed by atoms with van der Waals surface area (Å²) in [6.45, 7) is 0.297. The van der Waals surface area contributed by atoms with Crippen molar-refractivity contribution in [2.45, 2.75) is 6.61 Å². The summed E-state index contributed by atoms with van der Waals surface area (Å²) in [5.74, 6) is 0.210. The quantitative estimate of drug-likeness (QED) is 0.417. The van der Waals surface area contributed by atoms with Gasteiger partial charge in [-0.3, -0.25) is 19.9 Å². The highest BCUT2D eigenvalue weighted by Gasteiger charge is 2.05. The van der Waals surface area contributed by atoms with Crippen LogP contribution in [0.15, 0.2) is 76.6 Å². The first-order chi connectivity index (χ1) is 12.6. The maximum absolute atomic E-state index is 12.1. The van der Waals surface area contributed by atoms with E-state index in [1.807, 2.05) is 30.3 Å². The van der Waals surface area contributed by atoms with Crippen LogP contribution in [0.25, 0.3) is 0 Å². The SMILES string of the molecule is O=c1cc(C=Nc2cccc([N+](=O)[O-])c2)[nH]cc1OCc1ccccc1. The maximum Gasteiger partial charge on any atom is 0.271 e. The van der Waals surface area contributed by atoms with E-state index in [9.17, 15) is 14.9 Å². The van der Waals surface area contributed by atoms with E-state index in [2.05, 4.69) is 9.98 Å². The van der Waals surface area contributed by atoms with Crippen molar-refractivity contribution in [1.29, 1.82) is 0 Å². The van der Waals surface area contributed by atoms with E-state index in [4.69, 9.17) is 4.74 Å². The fourth-order valence-corrected chi connectivity index (χ4v) is 2.23. The summed E-state index contributed by atoms with van der Waals surface area (Å²) in [5, 5.41) is 10.8. The average molecular weight is 349 g/mol. The van der Waals surface area contributed by atoms with Gasteiger partial charge in [-0.15, -0.1) is 0 Å². The number of nitro groups is 1. The third-order valence-electron chi connectivity index (χ3n) is 3.53. The summed E-state index contributed by atoms with van der Waals surface area (Å²) in [6.07, 6.45) is 2.90. The zero-order chi connectivity index (χ0) is 18.4. The second kappa shape index (κ2) is 7.89. The molecule has 1 aromatic heterocycles. The smallest absolute Gasteiger partial charge is 0.271 e. The monoisotopic (exact) mass is 349 g/mol. The number of benzene rings is 2. The van der Waals surface area contributed by atoms with E-state index in [1.54, 1.807) is 12.1 Å². The molecule has 2 aromatic carbocycles. The topological polar surface area (TPSA) is 97.6 Å². The van der Waals surface area contributed by atoms with Gasteiger partial charge in [0.15, 0.2) is 5.75 Å². The van der Waals surface area contributed by atoms with Crippen molar-refractivity contribution in [3.8, 4) is 5.75 Å². The van der Waals surface area contributed by atoms with E-state index in [1.165, 1.54) is 30.6 Å². The molecular weight excluding hydrogens is 334 g/mol. The lowest BCUT2D eigenvalue weighted by Gasteiger charge is -2.05. The van der Waals surface area contributed by atoms with Crippen LogP contribution in [0.1, 0.15) is 11.3 Å². The highest BCUT2D eigenvalue weighted by Crippen LogP contribution is 2.19. The molecule has 0 saturated carbocycles. The molecule has 0 aliphatic rings. The highest BCUT2D eigenvalue weighted by molar-refractivity contribution is 5.79. The predicted octanol–water partition coefficient (Wildman–Crippen LogP) is 3.61. The predicted molar refractivity (Wildman–Crippen MR) is 98.2 cm³/mol. The molecule has 1 heterocycles. The molecule has 0 aliphatic heterocycles. The van der Waals surface area contributed by atoms with E-state index >= 15 is 0 Å². The van der Waals surface area contributed by atoms with Gasteiger partial charge in [-0.2, -0.15) is 0 Å². The number of pyridine rings is 1. The molecule has 7 nitrogen and oxygen atoms in total. The largest absolute Gasteiger partial charge is 0.483 e. The fourth-order valence-electron chi connectivity index (χ4n) is 2.23. The summed E-state index contributed by atoms with van der Waals surface area (Å²) in [6, 6.07) is 16.8. The van der Waals surface area contributed by atoms with Gasteiger partial charge in [0.2, 0.25) is 5.43 Å². The molecule has 3 aromatic rings. The normalized spacial score (nSPS) is 10.8. The number of aromatic nitrogens is 1. The van der Waals surface area contributed by atoms with Crippen LogP contribution in [-0.4, -0.2) is 16.1 Å². The molecule has 0 amide bonds. The lowest BCUT2D eigenvalue weighted by atomic mass is 10.2. The number of nitrogens with zero attached hydrogens (tertiary/aromatic N) is 2. The molecule has 0 saturated heterocycles. The third-order valence-corrected chi connectivity index (χ3v) is 3.53. The lowest BCUT2D eigenvalue weighted by molar-refractivity contribution is -0.384. The van der Waals surface area contributed by atoms with Gasteiger partial charge < -0.3 is 9.72 Å². The Balaban J connectivity index is 1.70. The molecule has 3 rings (SSSR count). The summed E-state index contributed by atoms with van der Waals surface area (Å²) in [4.78, 5) is 29.5. The van der Waals surface area contributed by atoms with Crippen LogP contribution >= 0.6 is 0 Å². The van der Waals surface area contributed by atoms with Gasteiger partial charge >= 0.3 is 0 Å². The van der Waals surface area contributed by atoms with Crippen molar-refractivity contribution < 1.29 is 9.66 Å². The Hall–Kier alpha value is -3.74. The number of hydrogen-bond acceptors (Lipinski definition) is 5. The lowest BCUT2D eigenvalue weighted by Crippen LogP contribution is -2.09. The van der Waals surface area contributed by atoms with Crippen LogP contribution in [0.4, 0.5) is 11.4 Å². The molecular formula is C19H15N3O4. The molecule has 130 valence electrons. The Morgan fingerprint density at radius 2 is 1.92 bits per heavy atom. The maximum atomic E-state index is 12.1. The molecule has 26 heavy (non-hydrogen) atoms. The van der Waals surface area contributed by atoms with E-state index < -0.39 is 4.92 Å². The molecule has 0 spiro atoms. The minimum absolute atomic E-state index is 0.0437. The van der Waals surface area contributed by atoms with Gasteiger partial charge in [0.25, 0.3) is 5.69 Å². The summed E-state index contributed by atoms with van der Waals surface area (Å²) in [7, 11) is 0. The van der Waals surface area contributed by atoms with Crippen LogP contribution in [-0.2, 0) is 6.61 Å². The van der Waals surface area contributed by atoms with Crippen LogP contribution in [0.3, 0.4) is 0 Å². The molecule has 7 heteroatoms. The molecule has 0 aliphatic carbocycles. The van der Waals surface area contributed by atoms with E-state index in [0.29, 0.717) is 18.0 Å². The van der Waals surface area contributed by atoms with Gasteiger partial charge in [0, 0.05) is 24.4 Å². The third kappa shape index (κ3) is 4.41. The number of ether oxygens (including phenoxy) is 1. The molecule has 0 fully saturated rings. The van der Waals surface area contributed by atoms with Crippen molar-refractivity contribution in [2.75, 3.05) is 0 Å². The first-order valence-electron chi connectivity index (χ1n) is 7.80. The fraction of sp³-hybridized carbons (Fsp3) is 0.0526.